The van der Waals surface area contributed by atoms with Gasteiger partial charge < -0.3 is 10.1 Å². The molecule has 1 heterocycles. The second-order valence-electron chi connectivity index (χ2n) is 5.90. The van der Waals surface area contributed by atoms with E-state index in [9.17, 15) is 14.9 Å². The number of non-ortho nitro benzene ring substituents is 1. The molecule has 0 aliphatic heterocycles. The maximum Gasteiger partial charge on any atom is 0.275 e. The third kappa shape index (κ3) is 4.42. The molecule has 0 aliphatic carbocycles. The van der Waals surface area contributed by atoms with Crippen LogP contribution in [0.2, 0.25) is 5.02 Å². The van der Waals surface area contributed by atoms with Crippen LogP contribution in [0, 0.1) is 20.6 Å². The van der Waals surface area contributed by atoms with E-state index < -0.39 is 10.8 Å². The van der Waals surface area contributed by atoms with Gasteiger partial charge in [0.2, 0.25) is 0 Å². The number of rotatable bonds is 5. The Labute approximate surface area is 178 Å². The number of anilines is 1. The minimum Gasteiger partial charge on any atom is -0.457 e. The number of hydrogen-bond donors (Lipinski definition) is 1. The monoisotopic (exact) mass is 512 g/mol. The van der Waals surface area contributed by atoms with E-state index in [-0.39, 0.29) is 17.1 Å². The van der Waals surface area contributed by atoms with Crippen molar-refractivity contribution < 1.29 is 14.5 Å². The van der Waals surface area contributed by atoms with Crippen LogP contribution in [0.5, 0.6) is 11.5 Å². The molecule has 3 rings (SSSR count). The largest absolute Gasteiger partial charge is 0.457 e. The van der Waals surface area contributed by atoms with Gasteiger partial charge in [-0.15, -0.1) is 0 Å². The first-order chi connectivity index (χ1) is 13.2. The lowest BCUT2D eigenvalue weighted by molar-refractivity contribution is -0.384. The first-order valence-electron chi connectivity index (χ1n) is 7.97. The molecule has 0 atom stereocenters. The summed E-state index contributed by atoms with van der Waals surface area (Å²) >= 11 is 8.00. The van der Waals surface area contributed by atoms with Crippen molar-refractivity contribution in [3.8, 4) is 11.5 Å². The number of ether oxygens (including phenoxy) is 1. The van der Waals surface area contributed by atoms with E-state index in [1.165, 1.54) is 22.9 Å². The molecule has 3 aromatic rings. The lowest BCUT2D eigenvalue weighted by Crippen LogP contribution is -2.17. The van der Waals surface area contributed by atoms with Gasteiger partial charge in [-0.1, -0.05) is 11.6 Å². The van der Waals surface area contributed by atoms with E-state index >= 15 is 0 Å². The van der Waals surface area contributed by atoms with Crippen LogP contribution in [0.4, 0.5) is 11.4 Å². The first kappa shape index (κ1) is 20.1. The summed E-state index contributed by atoms with van der Waals surface area (Å²) in [6.07, 6.45) is 1.56. The summed E-state index contributed by atoms with van der Waals surface area (Å²) < 4.78 is 7.83. The number of aromatic nitrogens is 2. The van der Waals surface area contributed by atoms with E-state index in [4.69, 9.17) is 16.3 Å². The van der Waals surface area contributed by atoms with Crippen LogP contribution < -0.4 is 10.1 Å². The van der Waals surface area contributed by atoms with Crippen molar-refractivity contribution in [3.63, 3.8) is 0 Å². The van der Waals surface area contributed by atoms with Crippen molar-refractivity contribution in [1.29, 1.82) is 0 Å². The SMILES string of the molecule is Cc1cc(Oc2cc(NC(=O)c3c(I)cnn3C)cc([N+](=O)[O-])c2)ccc1Cl. The highest BCUT2D eigenvalue weighted by Gasteiger charge is 2.18. The van der Waals surface area contributed by atoms with Gasteiger partial charge in [0.15, 0.2) is 0 Å². The summed E-state index contributed by atoms with van der Waals surface area (Å²) in [5, 5.41) is 18.5. The quantitative estimate of drug-likeness (QED) is 0.297. The Morgan fingerprint density at radius 1 is 1.29 bits per heavy atom. The summed E-state index contributed by atoms with van der Waals surface area (Å²) in [7, 11) is 1.64. The number of nitro benzene ring substituents is 1. The minimum atomic E-state index is -0.552. The van der Waals surface area contributed by atoms with Crippen LogP contribution in [0.25, 0.3) is 0 Å². The third-order valence-corrected chi connectivity index (χ3v) is 5.05. The van der Waals surface area contributed by atoms with Crippen LogP contribution >= 0.6 is 34.2 Å². The normalized spacial score (nSPS) is 10.6. The Morgan fingerprint density at radius 3 is 2.64 bits per heavy atom. The number of hydrogen-bond acceptors (Lipinski definition) is 5. The standard InChI is InChI=1S/C18H14ClIN4O4/c1-10-5-13(3-4-15(10)19)28-14-7-11(6-12(8-14)24(26)27)22-18(25)17-16(20)9-21-23(17)2/h3-9H,1-2H3,(H,22,25). The van der Waals surface area contributed by atoms with Crippen molar-refractivity contribution >= 4 is 51.5 Å². The van der Waals surface area contributed by atoms with Crippen molar-refractivity contribution in [2.24, 2.45) is 7.05 Å². The Balaban J connectivity index is 1.92. The summed E-state index contributed by atoms with van der Waals surface area (Å²) in [5.74, 6) is 0.255. The number of aryl methyl sites for hydroxylation is 2. The Bertz CT molecular complexity index is 1060. The average molecular weight is 513 g/mol. The van der Waals surface area contributed by atoms with Crippen molar-refractivity contribution in [2.45, 2.75) is 6.92 Å². The fraction of sp³-hybridized carbons (Fsp3) is 0.111. The third-order valence-electron chi connectivity index (χ3n) is 3.83. The van der Waals surface area contributed by atoms with Crippen LogP contribution in [-0.4, -0.2) is 20.6 Å². The Kier molecular flexibility index (Phi) is 5.84. The molecule has 1 amide bonds. The summed E-state index contributed by atoms with van der Waals surface area (Å²) in [4.78, 5) is 23.3. The number of nitrogens with zero attached hydrogens (tertiary/aromatic N) is 3. The zero-order valence-electron chi connectivity index (χ0n) is 14.8. The van der Waals surface area contributed by atoms with Gasteiger partial charge in [-0.3, -0.25) is 19.6 Å². The molecule has 1 aromatic heterocycles. The van der Waals surface area contributed by atoms with Crippen molar-refractivity contribution in [3.05, 3.63) is 72.6 Å². The highest BCUT2D eigenvalue weighted by atomic mass is 127. The fourth-order valence-electron chi connectivity index (χ4n) is 2.49. The van der Waals surface area contributed by atoms with Crippen LogP contribution in [0.15, 0.2) is 42.6 Å². The number of benzene rings is 2. The maximum absolute atomic E-state index is 12.5. The fourth-order valence-corrected chi connectivity index (χ4v) is 3.33. The topological polar surface area (TPSA) is 99.3 Å². The smallest absolute Gasteiger partial charge is 0.275 e. The molecule has 10 heteroatoms. The molecule has 0 saturated carbocycles. The molecule has 0 radical (unpaired) electrons. The number of carbonyl (C=O) groups is 1. The molecular formula is C18H14ClIN4O4. The second-order valence-corrected chi connectivity index (χ2v) is 7.47. The predicted octanol–water partition coefficient (Wildman–Crippen LogP) is 4.94. The molecule has 28 heavy (non-hydrogen) atoms. The molecule has 8 nitrogen and oxygen atoms in total. The van der Waals surface area contributed by atoms with Crippen LogP contribution in [0.3, 0.4) is 0 Å². The van der Waals surface area contributed by atoms with Crippen molar-refractivity contribution in [1.82, 2.24) is 9.78 Å². The number of amides is 1. The number of nitrogens with one attached hydrogen (secondary N) is 1. The van der Waals surface area contributed by atoms with Gasteiger partial charge in [0, 0.05) is 24.2 Å². The van der Waals surface area contributed by atoms with Crippen LogP contribution in [0.1, 0.15) is 16.1 Å². The molecule has 0 fully saturated rings. The lowest BCUT2D eigenvalue weighted by atomic mass is 10.2. The Hall–Kier alpha value is -2.66. The zero-order valence-corrected chi connectivity index (χ0v) is 17.7. The summed E-state index contributed by atoms with van der Waals surface area (Å²) in [6, 6.07) is 9.12. The van der Waals surface area contributed by atoms with E-state index in [1.807, 2.05) is 29.5 Å². The maximum atomic E-state index is 12.5. The minimum absolute atomic E-state index is 0.210. The van der Waals surface area contributed by atoms with E-state index in [2.05, 4.69) is 10.4 Å². The second kappa shape index (κ2) is 8.15. The molecule has 0 aliphatic rings. The first-order valence-corrected chi connectivity index (χ1v) is 9.42. The zero-order chi connectivity index (χ0) is 20.4. The van der Waals surface area contributed by atoms with E-state index in [0.717, 1.165) is 5.56 Å². The average Bonchev–Trinajstić information content (AvgIpc) is 2.96. The van der Waals surface area contributed by atoms with Gasteiger partial charge in [0.25, 0.3) is 11.6 Å². The molecular weight excluding hydrogens is 499 g/mol. The van der Waals surface area contributed by atoms with Gasteiger partial charge in [-0.25, -0.2) is 0 Å². The van der Waals surface area contributed by atoms with Crippen molar-refractivity contribution in [2.75, 3.05) is 5.32 Å². The highest BCUT2D eigenvalue weighted by Crippen LogP contribution is 2.31. The molecule has 0 bridgehead atoms. The van der Waals surface area contributed by atoms with Gasteiger partial charge in [-0.2, -0.15) is 5.10 Å². The summed E-state index contributed by atoms with van der Waals surface area (Å²) in [6.45, 7) is 1.82. The van der Waals surface area contributed by atoms with E-state index in [1.54, 1.807) is 31.4 Å². The highest BCUT2D eigenvalue weighted by molar-refractivity contribution is 14.1. The number of nitro groups is 1. The molecule has 144 valence electrons. The number of halogens is 2. The van der Waals surface area contributed by atoms with Gasteiger partial charge in [-0.05, 0) is 53.3 Å². The predicted molar refractivity (Wildman–Crippen MR) is 113 cm³/mol. The lowest BCUT2D eigenvalue weighted by Gasteiger charge is -2.10. The number of carbonyl (C=O) groups excluding carboxylic acids is 1. The van der Waals surface area contributed by atoms with E-state index in [0.29, 0.717) is 20.0 Å². The molecule has 0 spiro atoms. The van der Waals surface area contributed by atoms with Crippen LogP contribution in [-0.2, 0) is 7.05 Å². The Morgan fingerprint density at radius 2 is 2.04 bits per heavy atom. The van der Waals surface area contributed by atoms with Gasteiger partial charge in [0.05, 0.1) is 26.4 Å². The summed E-state index contributed by atoms with van der Waals surface area (Å²) in [5.41, 5.74) is 1.18. The van der Waals surface area contributed by atoms with Gasteiger partial charge >= 0.3 is 0 Å². The molecule has 0 saturated heterocycles. The van der Waals surface area contributed by atoms with Gasteiger partial charge in [0.1, 0.15) is 17.2 Å². The molecule has 2 aromatic carbocycles. The molecule has 1 N–H and O–H groups in total. The molecule has 0 unspecified atom stereocenters.